The van der Waals surface area contributed by atoms with Crippen LogP contribution >= 0.6 is 0 Å². The lowest BCUT2D eigenvalue weighted by Crippen LogP contribution is -2.38. The molecule has 1 aliphatic rings. The van der Waals surface area contributed by atoms with Gasteiger partial charge in [-0.25, -0.2) is 5.43 Å². The van der Waals surface area contributed by atoms with Crippen molar-refractivity contribution in [2.45, 2.75) is 6.04 Å². The largest absolute Gasteiger partial charge is 0.497 e. The highest BCUT2D eigenvalue weighted by Gasteiger charge is 2.25. The monoisotopic (exact) mass is 476 g/mol. The Kier molecular flexibility index (Phi) is 6.86. The molecule has 0 aliphatic carbocycles. The topological polar surface area (TPSA) is 141 Å². The normalized spacial score (nSPS) is 12.7. The van der Waals surface area contributed by atoms with Crippen LogP contribution in [-0.2, 0) is 4.79 Å². The summed E-state index contributed by atoms with van der Waals surface area (Å²) in [6.45, 7) is -0.0471. The summed E-state index contributed by atoms with van der Waals surface area (Å²) >= 11 is 0. The molecule has 11 nitrogen and oxygen atoms in total. The summed E-state index contributed by atoms with van der Waals surface area (Å²) in [5.74, 6) is 0.0437. The van der Waals surface area contributed by atoms with Crippen LogP contribution in [0.1, 0.15) is 27.5 Å². The van der Waals surface area contributed by atoms with E-state index in [-0.39, 0.29) is 23.8 Å². The molecule has 0 unspecified atom stereocenters. The van der Waals surface area contributed by atoms with Gasteiger partial charge in [-0.1, -0.05) is 30.3 Å². The maximum atomic E-state index is 13.0. The molecule has 178 valence electrons. The predicted octanol–water partition coefficient (Wildman–Crippen LogP) is 2.95. The molecule has 35 heavy (non-hydrogen) atoms. The number of nitro groups is 1. The zero-order valence-corrected chi connectivity index (χ0v) is 18.5. The Morgan fingerprint density at radius 1 is 1.09 bits per heavy atom. The van der Waals surface area contributed by atoms with Gasteiger partial charge in [0, 0.05) is 5.56 Å². The number of nitrogens with zero attached hydrogens (tertiary/aromatic N) is 2. The molecule has 1 aliphatic heterocycles. The van der Waals surface area contributed by atoms with Gasteiger partial charge in [0.05, 0.1) is 29.9 Å². The van der Waals surface area contributed by atoms with Crippen LogP contribution in [0.15, 0.2) is 71.8 Å². The number of amides is 2. The van der Waals surface area contributed by atoms with Crippen molar-refractivity contribution in [3.8, 4) is 17.2 Å². The van der Waals surface area contributed by atoms with Gasteiger partial charge in [-0.3, -0.25) is 19.7 Å². The van der Waals surface area contributed by atoms with E-state index in [1.165, 1.54) is 19.2 Å². The number of carbonyl (C=O) groups is 2. The third kappa shape index (κ3) is 5.36. The van der Waals surface area contributed by atoms with E-state index in [0.29, 0.717) is 22.6 Å². The van der Waals surface area contributed by atoms with Gasteiger partial charge in [-0.2, -0.15) is 5.10 Å². The Bertz CT molecular complexity index is 1280. The van der Waals surface area contributed by atoms with E-state index in [9.17, 15) is 19.7 Å². The smallest absolute Gasteiger partial charge is 0.282 e. The lowest BCUT2D eigenvalue weighted by molar-refractivity contribution is -0.385. The van der Waals surface area contributed by atoms with E-state index in [0.717, 1.165) is 6.21 Å². The Labute approximate surface area is 199 Å². The van der Waals surface area contributed by atoms with Crippen LogP contribution in [0, 0.1) is 10.1 Å². The standard InChI is InChI=1S/C24H20N4O7/c1-33-18-9-7-15(8-10-18)22(26-23(29)16-5-3-2-4-6-16)24(30)27-25-13-17-11-20-21(35-14-34-20)12-19(17)28(31)32/h2-13,22H,14H2,1H3,(H,26,29)(H,27,30)/b25-13-/t22-/m0/s1. The summed E-state index contributed by atoms with van der Waals surface area (Å²) in [7, 11) is 1.51. The zero-order valence-electron chi connectivity index (χ0n) is 18.5. The van der Waals surface area contributed by atoms with Gasteiger partial charge in [0.15, 0.2) is 11.5 Å². The molecule has 2 N–H and O–H groups in total. The molecule has 1 atom stereocenters. The van der Waals surface area contributed by atoms with Crippen LogP contribution in [0.25, 0.3) is 0 Å². The van der Waals surface area contributed by atoms with Crippen molar-refractivity contribution in [1.82, 2.24) is 10.7 Å². The van der Waals surface area contributed by atoms with Crippen LogP contribution in [0.3, 0.4) is 0 Å². The third-order valence-corrected chi connectivity index (χ3v) is 5.12. The molecule has 0 radical (unpaired) electrons. The van der Waals surface area contributed by atoms with Crippen molar-refractivity contribution in [2.24, 2.45) is 5.10 Å². The average Bonchev–Trinajstić information content (AvgIpc) is 3.34. The maximum Gasteiger partial charge on any atom is 0.282 e. The summed E-state index contributed by atoms with van der Waals surface area (Å²) in [5.41, 5.74) is 3.03. The number of hydrogen-bond acceptors (Lipinski definition) is 8. The molecule has 2 amide bonds. The lowest BCUT2D eigenvalue weighted by atomic mass is 10.1. The Hall–Kier alpha value is -4.93. The summed E-state index contributed by atoms with van der Waals surface area (Å²) in [5, 5.41) is 18.0. The summed E-state index contributed by atoms with van der Waals surface area (Å²) in [4.78, 5) is 36.6. The average molecular weight is 476 g/mol. The van der Waals surface area contributed by atoms with Gasteiger partial charge < -0.3 is 19.5 Å². The second kappa shape index (κ2) is 10.3. The van der Waals surface area contributed by atoms with Crippen LogP contribution in [0.2, 0.25) is 0 Å². The minimum absolute atomic E-state index is 0.0471. The zero-order chi connectivity index (χ0) is 24.8. The van der Waals surface area contributed by atoms with Gasteiger partial charge in [0.2, 0.25) is 6.79 Å². The van der Waals surface area contributed by atoms with Crippen molar-refractivity contribution >= 4 is 23.7 Å². The highest BCUT2D eigenvalue weighted by Crippen LogP contribution is 2.37. The number of methoxy groups -OCH3 is 1. The molecule has 0 saturated carbocycles. The van der Waals surface area contributed by atoms with Crippen LogP contribution in [0.4, 0.5) is 5.69 Å². The number of benzene rings is 3. The summed E-state index contributed by atoms with van der Waals surface area (Å²) < 4.78 is 15.6. The minimum Gasteiger partial charge on any atom is -0.497 e. The first-order valence-electron chi connectivity index (χ1n) is 10.4. The van der Waals surface area contributed by atoms with Crippen LogP contribution in [-0.4, -0.2) is 36.9 Å². The fourth-order valence-corrected chi connectivity index (χ4v) is 3.34. The van der Waals surface area contributed by atoms with E-state index in [1.807, 2.05) is 0 Å². The number of rotatable bonds is 8. The molecule has 3 aromatic rings. The van der Waals surface area contributed by atoms with E-state index >= 15 is 0 Å². The fraction of sp³-hybridized carbons (Fsp3) is 0.125. The van der Waals surface area contributed by atoms with Crippen molar-refractivity contribution in [3.63, 3.8) is 0 Å². The van der Waals surface area contributed by atoms with Gasteiger partial charge in [-0.15, -0.1) is 0 Å². The first-order chi connectivity index (χ1) is 17.0. The second-order valence-corrected chi connectivity index (χ2v) is 7.30. The summed E-state index contributed by atoms with van der Waals surface area (Å²) in [6.07, 6.45) is 1.13. The fourth-order valence-electron chi connectivity index (χ4n) is 3.34. The van der Waals surface area contributed by atoms with E-state index in [2.05, 4.69) is 15.8 Å². The molecular weight excluding hydrogens is 456 g/mol. The Morgan fingerprint density at radius 3 is 2.43 bits per heavy atom. The first kappa shape index (κ1) is 23.2. The SMILES string of the molecule is COc1ccc([C@H](NC(=O)c2ccccc2)C(=O)N/N=C\c2cc3c(cc2[N+](=O)[O-])OCO3)cc1. The van der Waals surface area contributed by atoms with E-state index in [4.69, 9.17) is 14.2 Å². The molecule has 0 bridgehead atoms. The van der Waals surface area contributed by atoms with E-state index < -0.39 is 22.8 Å². The number of nitrogens with one attached hydrogen (secondary N) is 2. The molecule has 0 fully saturated rings. The van der Waals surface area contributed by atoms with Crippen molar-refractivity contribution < 1.29 is 28.7 Å². The van der Waals surface area contributed by atoms with Crippen LogP contribution < -0.4 is 25.0 Å². The van der Waals surface area contributed by atoms with E-state index in [1.54, 1.807) is 54.6 Å². The molecule has 0 spiro atoms. The molecule has 1 heterocycles. The van der Waals surface area contributed by atoms with Crippen molar-refractivity contribution in [3.05, 3.63) is 93.5 Å². The first-order valence-corrected chi connectivity index (χ1v) is 10.4. The molecule has 3 aromatic carbocycles. The van der Waals surface area contributed by atoms with Gasteiger partial charge in [0.25, 0.3) is 17.5 Å². The number of hydrogen-bond donors (Lipinski definition) is 2. The maximum absolute atomic E-state index is 13.0. The predicted molar refractivity (Wildman–Crippen MR) is 125 cm³/mol. The van der Waals surface area contributed by atoms with Crippen molar-refractivity contribution in [2.75, 3.05) is 13.9 Å². The lowest BCUT2D eigenvalue weighted by Gasteiger charge is -2.18. The third-order valence-electron chi connectivity index (χ3n) is 5.12. The highest BCUT2D eigenvalue weighted by atomic mass is 16.7. The Morgan fingerprint density at radius 2 is 1.77 bits per heavy atom. The number of hydrazone groups is 1. The van der Waals surface area contributed by atoms with Gasteiger partial charge in [-0.05, 0) is 35.9 Å². The minimum atomic E-state index is -1.10. The van der Waals surface area contributed by atoms with Gasteiger partial charge >= 0.3 is 0 Å². The molecule has 0 aromatic heterocycles. The second-order valence-electron chi connectivity index (χ2n) is 7.30. The molecule has 0 saturated heterocycles. The number of ether oxygens (including phenoxy) is 3. The van der Waals surface area contributed by atoms with Crippen LogP contribution in [0.5, 0.6) is 17.2 Å². The summed E-state index contributed by atoms with van der Waals surface area (Å²) in [6, 6.07) is 16.5. The Balaban J connectivity index is 1.56. The molecule has 11 heteroatoms. The quantitative estimate of drug-likeness (QED) is 0.289. The molecular formula is C24H20N4O7. The van der Waals surface area contributed by atoms with Crippen molar-refractivity contribution in [1.29, 1.82) is 0 Å². The number of carbonyl (C=O) groups excluding carboxylic acids is 2. The number of nitro benzene ring substituents is 1. The highest BCUT2D eigenvalue weighted by molar-refractivity contribution is 5.98. The molecule has 4 rings (SSSR count). The number of fused-ring (bicyclic) bond motifs is 1. The van der Waals surface area contributed by atoms with Gasteiger partial charge in [0.1, 0.15) is 11.8 Å².